The fourth-order valence-electron chi connectivity index (χ4n) is 4.11. The molecule has 3 aromatic heterocycles. The molecule has 176 valence electrons. The molecular formula is C23H25N7O3S. The minimum Gasteiger partial charge on any atom is -0.493 e. The van der Waals surface area contributed by atoms with Crippen LogP contribution < -0.4 is 14.4 Å². The van der Waals surface area contributed by atoms with E-state index in [1.54, 1.807) is 18.7 Å². The van der Waals surface area contributed by atoms with E-state index in [9.17, 15) is 4.79 Å². The predicted octanol–water partition coefficient (Wildman–Crippen LogP) is 2.84. The van der Waals surface area contributed by atoms with Crippen molar-refractivity contribution in [3.8, 4) is 22.1 Å². The molecule has 0 bridgehead atoms. The largest absolute Gasteiger partial charge is 0.493 e. The average Bonchev–Trinajstić information content (AvgIpc) is 3.49. The predicted molar refractivity (Wildman–Crippen MR) is 129 cm³/mol. The Kier molecular flexibility index (Phi) is 5.78. The second-order valence-corrected chi connectivity index (χ2v) is 9.01. The zero-order valence-corrected chi connectivity index (χ0v) is 20.3. The van der Waals surface area contributed by atoms with Crippen molar-refractivity contribution >= 4 is 28.8 Å². The van der Waals surface area contributed by atoms with Crippen LogP contribution in [-0.2, 0) is 0 Å². The van der Waals surface area contributed by atoms with Gasteiger partial charge in [0, 0.05) is 43.5 Å². The standard InChI is InChI=1S/C23H25N7O3S/c1-14-11-19(30-23(26-14)24-13-25-30)28-7-9-29(10-8-28)22(31)20-15(2)27-21(34-20)16-5-6-17(32-3)18(12-16)33-4/h5-6,11-13H,7-10H2,1-4H3. The third-order valence-electron chi connectivity index (χ3n) is 5.87. The third kappa shape index (κ3) is 3.92. The van der Waals surface area contributed by atoms with E-state index in [0.29, 0.717) is 48.3 Å². The van der Waals surface area contributed by atoms with Crippen molar-refractivity contribution in [2.75, 3.05) is 45.3 Å². The number of hydrogen-bond donors (Lipinski definition) is 0. The maximum Gasteiger partial charge on any atom is 0.265 e. The SMILES string of the molecule is COc1ccc(-c2nc(C)c(C(=O)N3CCN(c4cc(C)nc5ncnn45)CC3)s2)cc1OC. The number of thiazole rings is 1. The van der Waals surface area contributed by atoms with E-state index in [-0.39, 0.29) is 5.91 Å². The number of aryl methyl sites for hydroxylation is 2. The van der Waals surface area contributed by atoms with Crippen LogP contribution in [0.5, 0.6) is 11.5 Å². The molecule has 4 aromatic rings. The van der Waals surface area contributed by atoms with E-state index in [2.05, 4.69) is 25.0 Å². The Morgan fingerprint density at radius 1 is 1.00 bits per heavy atom. The van der Waals surface area contributed by atoms with Crippen LogP contribution in [0.2, 0.25) is 0 Å². The summed E-state index contributed by atoms with van der Waals surface area (Å²) >= 11 is 1.41. The number of nitrogens with zero attached hydrogens (tertiary/aromatic N) is 7. The number of benzene rings is 1. The van der Waals surface area contributed by atoms with Gasteiger partial charge in [0.1, 0.15) is 22.0 Å². The van der Waals surface area contributed by atoms with Crippen molar-refractivity contribution in [1.82, 2.24) is 29.5 Å². The Labute approximate surface area is 200 Å². The topological polar surface area (TPSA) is 98.0 Å². The van der Waals surface area contributed by atoms with Gasteiger partial charge in [-0.15, -0.1) is 11.3 Å². The number of amides is 1. The molecule has 1 aliphatic rings. The maximum atomic E-state index is 13.4. The molecule has 0 unspecified atom stereocenters. The molecule has 0 atom stereocenters. The van der Waals surface area contributed by atoms with E-state index in [4.69, 9.17) is 9.47 Å². The Bertz CT molecular complexity index is 1360. The quantitative estimate of drug-likeness (QED) is 0.431. The molecule has 10 nitrogen and oxygen atoms in total. The van der Waals surface area contributed by atoms with E-state index < -0.39 is 0 Å². The molecule has 1 amide bonds. The maximum absolute atomic E-state index is 13.4. The van der Waals surface area contributed by atoms with Gasteiger partial charge in [0.05, 0.1) is 19.9 Å². The van der Waals surface area contributed by atoms with Crippen LogP contribution in [0, 0.1) is 13.8 Å². The summed E-state index contributed by atoms with van der Waals surface area (Å²) in [5.41, 5.74) is 2.51. The first-order valence-corrected chi connectivity index (χ1v) is 11.7. The van der Waals surface area contributed by atoms with Gasteiger partial charge in [-0.1, -0.05) is 0 Å². The van der Waals surface area contributed by atoms with Gasteiger partial charge in [0.25, 0.3) is 11.7 Å². The lowest BCUT2D eigenvalue weighted by Gasteiger charge is -2.35. The number of piperazine rings is 1. The summed E-state index contributed by atoms with van der Waals surface area (Å²) < 4.78 is 12.5. The van der Waals surface area contributed by atoms with Gasteiger partial charge in [-0.2, -0.15) is 14.6 Å². The van der Waals surface area contributed by atoms with Crippen molar-refractivity contribution < 1.29 is 14.3 Å². The van der Waals surface area contributed by atoms with Gasteiger partial charge < -0.3 is 19.3 Å². The highest BCUT2D eigenvalue weighted by Crippen LogP contribution is 2.35. The lowest BCUT2D eigenvalue weighted by atomic mass is 10.2. The smallest absolute Gasteiger partial charge is 0.265 e. The molecule has 0 spiro atoms. The minimum atomic E-state index is 0.0122. The number of hydrogen-bond acceptors (Lipinski definition) is 9. The molecule has 0 N–H and O–H groups in total. The van der Waals surface area contributed by atoms with Gasteiger partial charge in [-0.25, -0.2) is 9.97 Å². The van der Waals surface area contributed by atoms with Crippen LogP contribution in [0.25, 0.3) is 16.3 Å². The van der Waals surface area contributed by atoms with Gasteiger partial charge in [-0.05, 0) is 32.0 Å². The van der Waals surface area contributed by atoms with Gasteiger partial charge in [0.2, 0.25) is 0 Å². The zero-order chi connectivity index (χ0) is 23.8. The van der Waals surface area contributed by atoms with Crippen LogP contribution in [0.15, 0.2) is 30.6 Å². The lowest BCUT2D eigenvalue weighted by Crippen LogP contribution is -2.49. The van der Waals surface area contributed by atoms with Gasteiger partial charge in [-0.3, -0.25) is 4.79 Å². The first-order valence-electron chi connectivity index (χ1n) is 10.9. The Hall–Kier alpha value is -3.73. The van der Waals surface area contributed by atoms with Crippen molar-refractivity contribution in [2.24, 2.45) is 0 Å². The Morgan fingerprint density at radius 3 is 2.50 bits per heavy atom. The summed E-state index contributed by atoms with van der Waals surface area (Å²) in [6.07, 6.45) is 1.51. The van der Waals surface area contributed by atoms with Crippen molar-refractivity contribution in [1.29, 1.82) is 0 Å². The molecule has 1 saturated heterocycles. The molecule has 1 aromatic carbocycles. The summed E-state index contributed by atoms with van der Waals surface area (Å²) in [7, 11) is 3.20. The van der Waals surface area contributed by atoms with Crippen molar-refractivity contribution in [2.45, 2.75) is 13.8 Å². The summed E-state index contributed by atoms with van der Waals surface area (Å²) in [5.74, 6) is 2.82. The highest BCUT2D eigenvalue weighted by molar-refractivity contribution is 7.17. The van der Waals surface area contributed by atoms with Crippen LogP contribution in [0.3, 0.4) is 0 Å². The van der Waals surface area contributed by atoms with E-state index in [1.165, 1.54) is 17.7 Å². The molecule has 34 heavy (non-hydrogen) atoms. The Balaban J connectivity index is 1.33. The third-order valence-corrected chi connectivity index (χ3v) is 7.07. The van der Waals surface area contributed by atoms with E-state index in [0.717, 1.165) is 27.8 Å². The molecule has 5 rings (SSSR count). The van der Waals surface area contributed by atoms with Gasteiger partial charge in [0.15, 0.2) is 11.5 Å². The number of ether oxygens (including phenoxy) is 2. The summed E-state index contributed by atoms with van der Waals surface area (Å²) in [6, 6.07) is 7.65. The fraction of sp³-hybridized carbons (Fsp3) is 0.348. The molecular weight excluding hydrogens is 454 g/mol. The number of carbonyl (C=O) groups excluding carboxylic acids is 1. The van der Waals surface area contributed by atoms with E-state index >= 15 is 0 Å². The highest BCUT2D eigenvalue weighted by atomic mass is 32.1. The van der Waals surface area contributed by atoms with Crippen LogP contribution in [0.1, 0.15) is 21.1 Å². The van der Waals surface area contributed by atoms with Crippen LogP contribution >= 0.6 is 11.3 Å². The highest BCUT2D eigenvalue weighted by Gasteiger charge is 2.27. The second-order valence-electron chi connectivity index (χ2n) is 8.01. The number of carbonyl (C=O) groups is 1. The summed E-state index contributed by atoms with van der Waals surface area (Å²) in [4.78, 5) is 31.4. The number of fused-ring (bicyclic) bond motifs is 1. The zero-order valence-electron chi connectivity index (χ0n) is 19.5. The summed E-state index contributed by atoms with van der Waals surface area (Å²) in [6.45, 7) is 6.44. The molecule has 11 heteroatoms. The fourth-order valence-corrected chi connectivity index (χ4v) is 5.14. The molecule has 0 aliphatic carbocycles. The number of methoxy groups -OCH3 is 2. The minimum absolute atomic E-state index is 0.0122. The van der Waals surface area contributed by atoms with Crippen molar-refractivity contribution in [3.63, 3.8) is 0 Å². The van der Waals surface area contributed by atoms with Gasteiger partial charge >= 0.3 is 0 Å². The second kappa shape index (κ2) is 8.90. The van der Waals surface area contributed by atoms with Crippen molar-refractivity contribution in [3.05, 3.63) is 46.9 Å². The first kappa shape index (κ1) is 22.1. The van der Waals surface area contributed by atoms with E-state index in [1.807, 2.05) is 43.0 Å². The molecule has 1 fully saturated rings. The number of anilines is 1. The molecule has 0 saturated carbocycles. The van der Waals surface area contributed by atoms with Crippen LogP contribution in [-0.4, -0.2) is 75.8 Å². The molecule has 0 radical (unpaired) electrons. The normalized spacial score (nSPS) is 14.0. The first-order chi connectivity index (χ1) is 16.5. The molecule has 1 aliphatic heterocycles. The number of rotatable bonds is 5. The summed E-state index contributed by atoms with van der Waals surface area (Å²) in [5, 5.41) is 5.08. The average molecular weight is 480 g/mol. The lowest BCUT2D eigenvalue weighted by molar-refractivity contribution is 0.0750. The monoisotopic (exact) mass is 479 g/mol. The molecule has 4 heterocycles. The Morgan fingerprint density at radius 2 is 1.76 bits per heavy atom. The number of aromatic nitrogens is 5. The van der Waals surface area contributed by atoms with Crippen LogP contribution in [0.4, 0.5) is 5.82 Å².